The van der Waals surface area contributed by atoms with Crippen LogP contribution in [0.1, 0.15) is 17.3 Å². The molecule has 1 unspecified atom stereocenters. The molecule has 3 amide bonds. The topological polar surface area (TPSA) is 108 Å². The summed E-state index contributed by atoms with van der Waals surface area (Å²) in [7, 11) is 1.45. The van der Waals surface area contributed by atoms with E-state index >= 15 is 0 Å². The molecule has 21 heavy (non-hydrogen) atoms. The predicted molar refractivity (Wildman–Crippen MR) is 84.5 cm³/mol. The standard InChI is InChI=1S/C12H13Br2N3O4/c1-5(10(18)15-2)16-12(21)17-9-7(11(19)20)3-6(13)4-8(9)14/h3-5H,1-2H3,(H,15,18)(H,19,20)(H2,16,17,21). The monoisotopic (exact) mass is 421 g/mol. The number of hydrogen-bond acceptors (Lipinski definition) is 3. The zero-order chi connectivity index (χ0) is 16.2. The van der Waals surface area contributed by atoms with Gasteiger partial charge in [-0.05, 0) is 35.0 Å². The first-order chi connectivity index (χ1) is 9.76. The molecule has 9 heteroatoms. The normalized spacial score (nSPS) is 11.4. The third-order valence-electron chi connectivity index (χ3n) is 2.51. The van der Waals surface area contributed by atoms with Gasteiger partial charge in [-0.15, -0.1) is 0 Å². The number of carbonyl (C=O) groups excluding carboxylic acids is 2. The number of carboxylic acid groups (broad SMARTS) is 1. The minimum atomic E-state index is -1.19. The van der Waals surface area contributed by atoms with Crippen LogP contribution in [0.2, 0.25) is 0 Å². The molecule has 0 saturated heterocycles. The van der Waals surface area contributed by atoms with Crippen LogP contribution in [0.25, 0.3) is 0 Å². The van der Waals surface area contributed by atoms with Crippen molar-refractivity contribution in [2.24, 2.45) is 0 Å². The number of urea groups is 1. The van der Waals surface area contributed by atoms with Crippen molar-refractivity contribution in [1.82, 2.24) is 10.6 Å². The van der Waals surface area contributed by atoms with Gasteiger partial charge in [0, 0.05) is 16.0 Å². The number of anilines is 1. The van der Waals surface area contributed by atoms with E-state index in [4.69, 9.17) is 5.11 Å². The highest BCUT2D eigenvalue weighted by molar-refractivity contribution is 9.11. The van der Waals surface area contributed by atoms with E-state index in [-0.39, 0.29) is 17.2 Å². The molecule has 0 aliphatic carbocycles. The molecule has 7 nitrogen and oxygen atoms in total. The molecule has 0 aromatic heterocycles. The van der Waals surface area contributed by atoms with Gasteiger partial charge in [-0.1, -0.05) is 15.9 Å². The Labute approximate surface area is 137 Å². The molecule has 0 saturated carbocycles. The molecule has 0 aliphatic heterocycles. The van der Waals surface area contributed by atoms with Crippen LogP contribution in [0, 0.1) is 0 Å². The lowest BCUT2D eigenvalue weighted by Crippen LogP contribution is -2.45. The number of amides is 3. The molecule has 0 fully saturated rings. The van der Waals surface area contributed by atoms with E-state index in [0.29, 0.717) is 8.95 Å². The second-order valence-corrected chi connectivity index (χ2v) is 5.82. The van der Waals surface area contributed by atoms with E-state index in [1.807, 2.05) is 0 Å². The fourth-order valence-electron chi connectivity index (χ4n) is 1.50. The molecule has 1 rings (SSSR count). The summed E-state index contributed by atoms with van der Waals surface area (Å²) in [6, 6.07) is 1.53. The lowest BCUT2D eigenvalue weighted by molar-refractivity contribution is -0.122. The van der Waals surface area contributed by atoms with Gasteiger partial charge in [-0.3, -0.25) is 4.79 Å². The predicted octanol–water partition coefficient (Wildman–Crippen LogP) is 2.17. The fourth-order valence-corrected chi connectivity index (χ4v) is 2.82. The summed E-state index contributed by atoms with van der Waals surface area (Å²) in [6.07, 6.45) is 0. The SMILES string of the molecule is CNC(=O)C(C)NC(=O)Nc1c(Br)cc(Br)cc1C(=O)O. The summed E-state index contributed by atoms with van der Waals surface area (Å²) in [5.41, 5.74) is 0.0197. The minimum Gasteiger partial charge on any atom is -0.478 e. The van der Waals surface area contributed by atoms with E-state index in [1.54, 1.807) is 6.07 Å². The Balaban J connectivity index is 2.95. The lowest BCUT2D eigenvalue weighted by atomic mass is 10.2. The molecule has 0 bridgehead atoms. The number of halogens is 2. The van der Waals surface area contributed by atoms with Gasteiger partial charge in [0.1, 0.15) is 6.04 Å². The van der Waals surface area contributed by atoms with E-state index in [1.165, 1.54) is 20.0 Å². The van der Waals surface area contributed by atoms with E-state index in [0.717, 1.165) is 0 Å². The first kappa shape index (κ1) is 17.4. The van der Waals surface area contributed by atoms with Crippen LogP contribution in [0.15, 0.2) is 21.1 Å². The van der Waals surface area contributed by atoms with E-state index in [9.17, 15) is 14.4 Å². The lowest BCUT2D eigenvalue weighted by Gasteiger charge is -2.15. The van der Waals surface area contributed by atoms with Gasteiger partial charge >= 0.3 is 12.0 Å². The first-order valence-corrected chi connectivity index (χ1v) is 7.36. The van der Waals surface area contributed by atoms with Crippen molar-refractivity contribution in [3.63, 3.8) is 0 Å². The Hall–Kier alpha value is -1.61. The van der Waals surface area contributed by atoms with Gasteiger partial charge in [0.25, 0.3) is 0 Å². The Kier molecular flexibility index (Phi) is 6.16. The molecule has 4 N–H and O–H groups in total. The Bertz CT molecular complexity index is 592. The number of aromatic carboxylic acids is 1. The minimum absolute atomic E-state index is 0.0843. The molecule has 114 valence electrons. The number of carboxylic acids is 1. The smallest absolute Gasteiger partial charge is 0.337 e. The maximum atomic E-state index is 11.8. The summed E-state index contributed by atoms with van der Waals surface area (Å²) in [5, 5.41) is 16.4. The summed E-state index contributed by atoms with van der Waals surface area (Å²) < 4.78 is 0.952. The van der Waals surface area contributed by atoms with Crippen molar-refractivity contribution < 1.29 is 19.5 Å². The number of hydrogen-bond donors (Lipinski definition) is 4. The van der Waals surface area contributed by atoms with E-state index < -0.39 is 18.0 Å². The number of nitrogens with one attached hydrogen (secondary N) is 3. The molecule has 1 atom stereocenters. The highest BCUT2D eigenvalue weighted by atomic mass is 79.9. The average Bonchev–Trinajstić information content (AvgIpc) is 2.40. The summed E-state index contributed by atoms with van der Waals surface area (Å²) in [4.78, 5) is 34.4. The molecule has 1 aromatic rings. The Morgan fingerprint density at radius 2 is 1.86 bits per heavy atom. The Morgan fingerprint density at radius 1 is 1.24 bits per heavy atom. The average molecular weight is 423 g/mol. The van der Waals surface area contributed by atoms with Gasteiger partial charge < -0.3 is 21.1 Å². The molecular weight excluding hydrogens is 410 g/mol. The van der Waals surface area contributed by atoms with Crippen LogP contribution < -0.4 is 16.0 Å². The van der Waals surface area contributed by atoms with Crippen molar-refractivity contribution in [2.75, 3.05) is 12.4 Å². The molecule has 0 radical (unpaired) electrons. The van der Waals surface area contributed by atoms with Crippen molar-refractivity contribution in [3.05, 3.63) is 26.6 Å². The quantitative estimate of drug-likeness (QED) is 0.596. The summed E-state index contributed by atoms with van der Waals surface area (Å²) >= 11 is 6.36. The van der Waals surface area contributed by atoms with Crippen molar-refractivity contribution >= 4 is 55.5 Å². The van der Waals surface area contributed by atoms with Crippen LogP contribution in [0.3, 0.4) is 0 Å². The molecule has 0 heterocycles. The number of likely N-dealkylation sites (N-methyl/N-ethyl adjacent to an activating group) is 1. The highest BCUT2D eigenvalue weighted by Crippen LogP contribution is 2.30. The maximum Gasteiger partial charge on any atom is 0.337 e. The first-order valence-electron chi connectivity index (χ1n) is 5.77. The van der Waals surface area contributed by atoms with Crippen LogP contribution in [-0.4, -0.2) is 36.1 Å². The molecular formula is C12H13Br2N3O4. The largest absolute Gasteiger partial charge is 0.478 e. The maximum absolute atomic E-state index is 11.8. The van der Waals surface area contributed by atoms with Crippen molar-refractivity contribution in [3.8, 4) is 0 Å². The van der Waals surface area contributed by atoms with Gasteiger partial charge in [0.2, 0.25) is 5.91 Å². The van der Waals surface area contributed by atoms with Crippen LogP contribution in [0.5, 0.6) is 0 Å². The van der Waals surface area contributed by atoms with Gasteiger partial charge in [0.05, 0.1) is 11.3 Å². The third kappa shape index (κ3) is 4.71. The second-order valence-electron chi connectivity index (χ2n) is 4.05. The van der Waals surface area contributed by atoms with Crippen molar-refractivity contribution in [2.45, 2.75) is 13.0 Å². The number of rotatable bonds is 4. The Morgan fingerprint density at radius 3 is 2.38 bits per heavy atom. The fraction of sp³-hybridized carbons (Fsp3) is 0.250. The third-order valence-corrected chi connectivity index (χ3v) is 3.59. The molecule has 1 aromatic carbocycles. The molecule has 0 spiro atoms. The van der Waals surface area contributed by atoms with Gasteiger partial charge in [-0.2, -0.15) is 0 Å². The number of carbonyl (C=O) groups is 3. The number of benzene rings is 1. The van der Waals surface area contributed by atoms with Crippen LogP contribution in [-0.2, 0) is 4.79 Å². The second kappa shape index (κ2) is 7.41. The summed E-state index contributed by atoms with van der Waals surface area (Å²) in [6.45, 7) is 1.51. The van der Waals surface area contributed by atoms with Gasteiger partial charge in [0.15, 0.2) is 0 Å². The van der Waals surface area contributed by atoms with Crippen LogP contribution >= 0.6 is 31.9 Å². The zero-order valence-corrected chi connectivity index (χ0v) is 14.3. The zero-order valence-electron chi connectivity index (χ0n) is 11.2. The molecule has 0 aliphatic rings. The van der Waals surface area contributed by atoms with Gasteiger partial charge in [-0.25, -0.2) is 9.59 Å². The van der Waals surface area contributed by atoms with E-state index in [2.05, 4.69) is 47.8 Å². The van der Waals surface area contributed by atoms with Crippen molar-refractivity contribution in [1.29, 1.82) is 0 Å². The highest BCUT2D eigenvalue weighted by Gasteiger charge is 2.19. The van der Waals surface area contributed by atoms with Crippen LogP contribution in [0.4, 0.5) is 10.5 Å². The summed E-state index contributed by atoms with van der Waals surface area (Å²) in [5.74, 6) is -1.55.